The van der Waals surface area contributed by atoms with E-state index in [1.165, 1.54) is 23.5 Å². The summed E-state index contributed by atoms with van der Waals surface area (Å²) in [6.07, 6.45) is 3.43. The number of rotatable bonds is 5. The summed E-state index contributed by atoms with van der Waals surface area (Å²) in [6.45, 7) is 0.189. The molecule has 0 aliphatic heterocycles. The van der Waals surface area contributed by atoms with Gasteiger partial charge in [0.2, 0.25) is 0 Å². The van der Waals surface area contributed by atoms with Crippen LogP contribution in [0.15, 0.2) is 53.5 Å². The van der Waals surface area contributed by atoms with Crippen molar-refractivity contribution in [2.75, 3.05) is 11.9 Å². The van der Waals surface area contributed by atoms with E-state index >= 15 is 0 Å². The van der Waals surface area contributed by atoms with Crippen LogP contribution >= 0.6 is 22.9 Å². The van der Waals surface area contributed by atoms with Crippen molar-refractivity contribution in [1.82, 2.24) is 15.1 Å². The number of thiophene rings is 1. The molecule has 0 fully saturated rings. The van der Waals surface area contributed by atoms with Crippen LogP contribution in [0.25, 0.3) is 0 Å². The van der Waals surface area contributed by atoms with Crippen LogP contribution in [0.5, 0.6) is 0 Å². The fraction of sp³-hybridized carbons (Fsp3) is 0.118. The largest absolute Gasteiger partial charge is 0.345 e. The molecule has 0 aliphatic carbocycles. The molecule has 0 spiro atoms. The number of anilines is 1. The number of carbonyl (C=O) groups excluding carboxylic acids is 2. The van der Waals surface area contributed by atoms with Crippen molar-refractivity contribution in [2.24, 2.45) is 0 Å². The molecule has 0 radical (unpaired) electrons. The van der Waals surface area contributed by atoms with Crippen molar-refractivity contribution in [2.45, 2.75) is 6.04 Å². The summed E-state index contributed by atoms with van der Waals surface area (Å²) in [4.78, 5) is 24.1. The van der Waals surface area contributed by atoms with Gasteiger partial charge in [-0.3, -0.25) is 14.3 Å². The molecule has 2 heterocycles. The standard InChI is InChI=1S/C17H14ClFN4O2S/c18-13-8-12(2-3-14(13)19)22-17(25)16(24)20-9-15(11-4-7-26-10-11)23-6-1-5-21-23/h1-8,10,15H,9H2,(H,20,24)(H,22,25)/t15-/m0/s1. The molecule has 9 heteroatoms. The first-order valence-electron chi connectivity index (χ1n) is 7.60. The normalized spacial score (nSPS) is 11.8. The summed E-state index contributed by atoms with van der Waals surface area (Å²) < 4.78 is 14.9. The molecular weight excluding hydrogens is 379 g/mol. The maximum absolute atomic E-state index is 13.1. The zero-order chi connectivity index (χ0) is 18.5. The average Bonchev–Trinajstić information content (AvgIpc) is 3.32. The zero-order valence-electron chi connectivity index (χ0n) is 13.4. The SMILES string of the molecule is O=C(NC[C@@H](c1ccsc1)n1cccn1)C(=O)Nc1ccc(F)c(Cl)c1. The number of benzene rings is 1. The number of nitrogens with one attached hydrogen (secondary N) is 2. The van der Waals surface area contributed by atoms with Crippen LogP contribution in [0.1, 0.15) is 11.6 Å². The highest BCUT2D eigenvalue weighted by molar-refractivity contribution is 7.08. The van der Waals surface area contributed by atoms with Crippen LogP contribution in [0.2, 0.25) is 5.02 Å². The predicted molar refractivity (Wildman–Crippen MR) is 97.7 cm³/mol. The van der Waals surface area contributed by atoms with Crippen LogP contribution in [0, 0.1) is 5.82 Å². The first kappa shape index (κ1) is 18.1. The number of carbonyl (C=O) groups is 2. The molecule has 0 unspecified atom stereocenters. The molecule has 0 bridgehead atoms. The second-order valence-electron chi connectivity index (χ2n) is 5.35. The molecule has 6 nitrogen and oxygen atoms in total. The van der Waals surface area contributed by atoms with E-state index in [2.05, 4.69) is 15.7 Å². The van der Waals surface area contributed by atoms with E-state index in [0.717, 1.165) is 11.6 Å². The first-order chi connectivity index (χ1) is 12.5. The number of hydrogen-bond donors (Lipinski definition) is 2. The molecule has 2 N–H and O–H groups in total. The molecule has 26 heavy (non-hydrogen) atoms. The van der Waals surface area contributed by atoms with Gasteiger partial charge in [-0.05, 0) is 46.7 Å². The van der Waals surface area contributed by atoms with Gasteiger partial charge < -0.3 is 10.6 Å². The minimum Gasteiger partial charge on any atom is -0.345 e. The Kier molecular flexibility index (Phi) is 5.65. The number of nitrogens with zero attached hydrogens (tertiary/aromatic N) is 2. The summed E-state index contributed by atoms with van der Waals surface area (Å²) in [5.41, 5.74) is 1.21. The van der Waals surface area contributed by atoms with Crippen molar-refractivity contribution in [1.29, 1.82) is 0 Å². The Bertz CT molecular complexity index is 865. The Morgan fingerprint density at radius 1 is 1.31 bits per heavy atom. The topological polar surface area (TPSA) is 76.0 Å². The third-order valence-corrected chi connectivity index (χ3v) is 4.60. The minimum atomic E-state index is -0.864. The van der Waals surface area contributed by atoms with Gasteiger partial charge in [0.05, 0.1) is 11.1 Å². The fourth-order valence-corrected chi connectivity index (χ4v) is 3.21. The summed E-state index contributed by atoms with van der Waals surface area (Å²) in [5, 5.41) is 12.9. The van der Waals surface area contributed by atoms with Gasteiger partial charge >= 0.3 is 11.8 Å². The highest BCUT2D eigenvalue weighted by Gasteiger charge is 2.19. The first-order valence-corrected chi connectivity index (χ1v) is 8.92. The number of aromatic nitrogens is 2. The van der Waals surface area contributed by atoms with Gasteiger partial charge in [-0.1, -0.05) is 11.6 Å². The second-order valence-corrected chi connectivity index (χ2v) is 6.54. The molecule has 3 rings (SSSR count). The minimum absolute atomic E-state index is 0.139. The lowest BCUT2D eigenvalue weighted by molar-refractivity contribution is -0.136. The lowest BCUT2D eigenvalue weighted by Crippen LogP contribution is -2.38. The van der Waals surface area contributed by atoms with Gasteiger partial charge in [-0.25, -0.2) is 4.39 Å². The monoisotopic (exact) mass is 392 g/mol. The van der Waals surface area contributed by atoms with Gasteiger partial charge in [0.25, 0.3) is 0 Å². The van der Waals surface area contributed by atoms with E-state index in [-0.39, 0.29) is 23.3 Å². The summed E-state index contributed by atoms with van der Waals surface area (Å²) in [5.74, 6) is -2.28. The Morgan fingerprint density at radius 3 is 2.81 bits per heavy atom. The molecule has 134 valence electrons. The third-order valence-electron chi connectivity index (χ3n) is 3.61. The van der Waals surface area contributed by atoms with Gasteiger partial charge in [0.1, 0.15) is 5.82 Å². The Labute approximate surface area is 157 Å². The second kappa shape index (κ2) is 8.11. The molecule has 2 aromatic heterocycles. The smallest absolute Gasteiger partial charge is 0.313 e. The zero-order valence-corrected chi connectivity index (χ0v) is 14.9. The van der Waals surface area contributed by atoms with E-state index in [9.17, 15) is 14.0 Å². The Hall–Kier alpha value is -2.71. The van der Waals surface area contributed by atoms with Crippen molar-refractivity contribution in [3.63, 3.8) is 0 Å². The van der Waals surface area contributed by atoms with E-state index in [1.54, 1.807) is 23.1 Å². The highest BCUT2D eigenvalue weighted by Crippen LogP contribution is 2.20. The Morgan fingerprint density at radius 2 is 2.15 bits per heavy atom. The van der Waals surface area contributed by atoms with Gasteiger partial charge in [0.15, 0.2) is 0 Å². The molecule has 2 amide bonds. The fourth-order valence-electron chi connectivity index (χ4n) is 2.33. The van der Waals surface area contributed by atoms with Crippen molar-refractivity contribution in [3.8, 4) is 0 Å². The van der Waals surface area contributed by atoms with Gasteiger partial charge in [-0.2, -0.15) is 16.4 Å². The Balaban J connectivity index is 1.63. The van der Waals surface area contributed by atoms with Crippen LogP contribution in [0.4, 0.5) is 10.1 Å². The summed E-state index contributed by atoms with van der Waals surface area (Å²) in [6, 6.07) is 7.16. The molecule has 1 atom stereocenters. The van der Waals surface area contributed by atoms with E-state index in [4.69, 9.17) is 11.6 Å². The average molecular weight is 393 g/mol. The van der Waals surface area contributed by atoms with E-state index in [1.807, 2.05) is 16.8 Å². The van der Waals surface area contributed by atoms with E-state index in [0.29, 0.717) is 0 Å². The maximum atomic E-state index is 13.1. The van der Waals surface area contributed by atoms with Crippen LogP contribution in [-0.4, -0.2) is 28.1 Å². The molecule has 1 aromatic carbocycles. The molecule has 3 aromatic rings. The van der Waals surface area contributed by atoms with Crippen molar-refractivity contribution < 1.29 is 14.0 Å². The molecule has 0 saturated carbocycles. The third kappa shape index (κ3) is 4.27. The summed E-state index contributed by atoms with van der Waals surface area (Å²) in [7, 11) is 0. The van der Waals surface area contributed by atoms with E-state index < -0.39 is 17.6 Å². The van der Waals surface area contributed by atoms with Crippen LogP contribution in [0.3, 0.4) is 0 Å². The van der Waals surface area contributed by atoms with Gasteiger partial charge in [0, 0.05) is 24.6 Å². The van der Waals surface area contributed by atoms with Crippen molar-refractivity contribution in [3.05, 3.63) is 69.9 Å². The quantitative estimate of drug-likeness (QED) is 0.655. The summed E-state index contributed by atoms with van der Waals surface area (Å²) >= 11 is 7.19. The van der Waals surface area contributed by atoms with Crippen LogP contribution in [-0.2, 0) is 9.59 Å². The molecular formula is C17H14ClFN4O2S. The molecule has 0 aliphatic rings. The lowest BCUT2D eigenvalue weighted by Gasteiger charge is -2.17. The number of hydrogen-bond acceptors (Lipinski definition) is 4. The molecule has 0 saturated heterocycles. The van der Waals surface area contributed by atoms with Gasteiger partial charge in [-0.15, -0.1) is 0 Å². The maximum Gasteiger partial charge on any atom is 0.313 e. The van der Waals surface area contributed by atoms with Crippen LogP contribution < -0.4 is 10.6 Å². The highest BCUT2D eigenvalue weighted by atomic mass is 35.5. The number of halogens is 2. The number of amides is 2. The lowest BCUT2D eigenvalue weighted by atomic mass is 10.1. The predicted octanol–water partition coefficient (Wildman–Crippen LogP) is 3.08. The van der Waals surface area contributed by atoms with Crippen molar-refractivity contribution >= 4 is 40.4 Å².